The Morgan fingerprint density at radius 2 is 2.21 bits per heavy atom. The lowest BCUT2D eigenvalue weighted by Gasteiger charge is -2.15. The van der Waals surface area contributed by atoms with Crippen LogP contribution in [0.15, 0.2) is 12.5 Å². The van der Waals surface area contributed by atoms with Gasteiger partial charge in [0.15, 0.2) is 5.65 Å². The van der Waals surface area contributed by atoms with Gasteiger partial charge in [-0.25, -0.2) is 23.5 Å². The third-order valence-electron chi connectivity index (χ3n) is 3.04. The number of nitrogens with two attached hydrogens (primary N) is 1. The van der Waals surface area contributed by atoms with Crippen molar-refractivity contribution >= 4 is 32.8 Å². The van der Waals surface area contributed by atoms with Crippen molar-refractivity contribution in [3.8, 4) is 0 Å². The first-order valence-electron chi connectivity index (χ1n) is 5.43. The largest absolute Gasteiger partial charge is 0.295 e. The van der Waals surface area contributed by atoms with Gasteiger partial charge in [-0.1, -0.05) is 0 Å². The zero-order chi connectivity index (χ0) is 13.6. The highest BCUT2D eigenvalue weighted by Crippen LogP contribution is 2.27. The van der Waals surface area contributed by atoms with E-state index in [1.807, 2.05) is 0 Å². The number of aromatic nitrogens is 4. The Balaban J connectivity index is 2.04. The van der Waals surface area contributed by atoms with Crippen molar-refractivity contribution in [1.29, 1.82) is 0 Å². The lowest BCUT2D eigenvalue weighted by Crippen LogP contribution is -2.32. The van der Waals surface area contributed by atoms with Crippen LogP contribution in [0.4, 0.5) is 5.82 Å². The van der Waals surface area contributed by atoms with Gasteiger partial charge >= 0.3 is 0 Å². The first-order chi connectivity index (χ1) is 8.97. The van der Waals surface area contributed by atoms with E-state index in [2.05, 4.69) is 20.2 Å². The molecule has 0 aliphatic carbocycles. The number of anilines is 1. The molecule has 0 saturated carbocycles. The SMILES string of the molecule is NS(=O)(=O)C1CC(=O)N(c2ncnc3[nH]ncc23)C1. The minimum Gasteiger partial charge on any atom is -0.295 e. The number of carbonyl (C=O) groups excluding carboxylic acids is 1. The summed E-state index contributed by atoms with van der Waals surface area (Å²) in [5, 5.41) is 11.2. The average Bonchev–Trinajstić information content (AvgIpc) is 2.93. The van der Waals surface area contributed by atoms with Crippen molar-refractivity contribution in [2.45, 2.75) is 11.7 Å². The molecule has 2 aromatic heterocycles. The molecule has 0 bridgehead atoms. The number of carbonyl (C=O) groups is 1. The Kier molecular flexibility index (Phi) is 2.50. The van der Waals surface area contributed by atoms with Gasteiger partial charge in [0, 0.05) is 13.0 Å². The van der Waals surface area contributed by atoms with Gasteiger partial charge in [0.05, 0.1) is 11.6 Å². The van der Waals surface area contributed by atoms with Crippen LogP contribution in [-0.2, 0) is 14.8 Å². The van der Waals surface area contributed by atoms with Crippen LogP contribution in [-0.4, -0.2) is 46.3 Å². The van der Waals surface area contributed by atoms with E-state index in [-0.39, 0.29) is 18.9 Å². The van der Waals surface area contributed by atoms with Crippen molar-refractivity contribution in [3.63, 3.8) is 0 Å². The second-order valence-corrected chi connectivity index (χ2v) is 6.09. The third kappa shape index (κ3) is 1.94. The first-order valence-corrected chi connectivity index (χ1v) is 7.04. The van der Waals surface area contributed by atoms with Crippen molar-refractivity contribution in [2.75, 3.05) is 11.4 Å². The van der Waals surface area contributed by atoms with Crippen molar-refractivity contribution in [3.05, 3.63) is 12.5 Å². The Hall–Kier alpha value is -2.07. The van der Waals surface area contributed by atoms with Crippen molar-refractivity contribution in [2.24, 2.45) is 5.14 Å². The molecule has 3 rings (SSSR count). The first kappa shape index (κ1) is 12.0. The lowest BCUT2D eigenvalue weighted by atomic mass is 10.3. The summed E-state index contributed by atoms with van der Waals surface area (Å²) in [4.78, 5) is 21.2. The van der Waals surface area contributed by atoms with Crippen LogP contribution in [0.25, 0.3) is 11.0 Å². The smallest absolute Gasteiger partial charge is 0.229 e. The predicted octanol–water partition coefficient (Wildman–Crippen LogP) is -1.25. The van der Waals surface area contributed by atoms with E-state index >= 15 is 0 Å². The molecule has 1 aliphatic rings. The standard InChI is InChI=1S/C9H10N6O3S/c10-19(17,18)5-1-7(16)15(3-5)9-6-2-13-14-8(6)11-4-12-9/h2,4-5H,1,3H2,(H2,10,17,18)(H,11,12,13,14). The van der Waals surface area contributed by atoms with E-state index < -0.39 is 15.3 Å². The van der Waals surface area contributed by atoms with Gasteiger partial charge in [0.25, 0.3) is 0 Å². The molecule has 2 aromatic rings. The van der Waals surface area contributed by atoms with E-state index in [4.69, 9.17) is 5.14 Å². The molecule has 19 heavy (non-hydrogen) atoms. The van der Waals surface area contributed by atoms with Gasteiger partial charge in [-0.3, -0.25) is 14.8 Å². The number of rotatable bonds is 2. The Bertz CT molecular complexity index is 754. The maximum atomic E-state index is 11.9. The van der Waals surface area contributed by atoms with Gasteiger partial charge in [-0.15, -0.1) is 0 Å². The third-order valence-corrected chi connectivity index (χ3v) is 4.28. The predicted molar refractivity (Wildman–Crippen MR) is 65.5 cm³/mol. The molecule has 0 spiro atoms. The van der Waals surface area contributed by atoms with Gasteiger partial charge in [-0.2, -0.15) is 5.10 Å². The zero-order valence-electron chi connectivity index (χ0n) is 9.65. The summed E-state index contributed by atoms with van der Waals surface area (Å²) in [5.74, 6) is 0.00938. The minimum atomic E-state index is -3.75. The molecule has 1 fully saturated rings. The van der Waals surface area contributed by atoms with Crippen LogP contribution in [0.2, 0.25) is 0 Å². The molecular formula is C9H10N6O3S. The molecule has 9 nitrogen and oxygen atoms in total. The Morgan fingerprint density at radius 3 is 2.89 bits per heavy atom. The molecule has 1 saturated heterocycles. The summed E-state index contributed by atoms with van der Waals surface area (Å²) in [5.41, 5.74) is 0.483. The van der Waals surface area contributed by atoms with Crippen LogP contribution >= 0.6 is 0 Å². The maximum Gasteiger partial charge on any atom is 0.229 e. The number of primary sulfonamides is 1. The highest BCUT2D eigenvalue weighted by atomic mass is 32.2. The fraction of sp³-hybridized carbons (Fsp3) is 0.333. The molecule has 1 amide bonds. The van der Waals surface area contributed by atoms with Gasteiger partial charge in [0.2, 0.25) is 15.9 Å². The fourth-order valence-corrected chi connectivity index (χ4v) is 2.80. The van der Waals surface area contributed by atoms with Crippen LogP contribution in [0.3, 0.4) is 0 Å². The molecule has 0 aromatic carbocycles. The van der Waals surface area contributed by atoms with Crippen LogP contribution in [0.5, 0.6) is 0 Å². The number of amides is 1. The second kappa shape index (κ2) is 3.96. The van der Waals surface area contributed by atoms with Crippen LogP contribution in [0, 0.1) is 0 Å². The molecule has 1 aliphatic heterocycles. The number of nitrogens with zero attached hydrogens (tertiary/aromatic N) is 4. The van der Waals surface area contributed by atoms with E-state index in [0.717, 1.165) is 0 Å². The highest BCUT2D eigenvalue weighted by Gasteiger charge is 2.38. The molecule has 3 N–H and O–H groups in total. The molecule has 1 atom stereocenters. The van der Waals surface area contributed by atoms with Crippen LogP contribution in [0.1, 0.15) is 6.42 Å². The number of sulfonamides is 1. The number of fused-ring (bicyclic) bond motifs is 1. The molecule has 3 heterocycles. The maximum absolute atomic E-state index is 11.9. The van der Waals surface area contributed by atoms with Gasteiger partial charge in [0.1, 0.15) is 17.4 Å². The lowest BCUT2D eigenvalue weighted by molar-refractivity contribution is -0.117. The fourth-order valence-electron chi connectivity index (χ4n) is 2.07. The molecule has 10 heteroatoms. The quantitative estimate of drug-likeness (QED) is 0.706. The summed E-state index contributed by atoms with van der Waals surface area (Å²) < 4.78 is 22.6. The normalized spacial score (nSPS) is 20.4. The zero-order valence-corrected chi connectivity index (χ0v) is 10.5. The second-order valence-electron chi connectivity index (χ2n) is 4.25. The van der Waals surface area contributed by atoms with Gasteiger partial charge < -0.3 is 0 Å². The van der Waals surface area contributed by atoms with E-state index in [9.17, 15) is 13.2 Å². The minimum absolute atomic E-state index is 0.00500. The molecule has 1 unspecified atom stereocenters. The molecule has 100 valence electrons. The summed E-state index contributed by atoms with van der Waals surface area (Å²) in [6.07, 6.45) is 2.64. The number of nitrogens with one attached hydrogen (secondary N) is 1. The van der Waals surface area contributed by atoms with E-state index in [1.165, 1.54) is 17.4 Å². The van der Waals surface area contributed by atoms with Crippen LogP contribution < -0.4 is 10.0 Å². The van der Waals surface area contributed by atoms with E-state index in [1.54, 1.807) is 0 Å². The molecule has 0 radical (unpaired) electrons. The number of hydrogen-bond donors (Lipinski definition) is 2. The number of H-pyrrole nitrogens is 1. The number of aromatic amines is 1. The summed E-state index contributed by atoms with van der Waals surface area (Å²) in [6, 6.07) is 0. The summed E-state index contributed by atoms with van der Waals surface area (Å²) in [6.45, 7) is -0.00500. The van der Waals surface area contributed by atoms with Crippen molar-refractivity contribution < 1.29 is 13.2 Å². The summed E-state index contributed by atoms with van der Waals surface area (Å²) >= 11 is 0. The monoisotopic (exact) mass is 282 g/mol. The Labute approximate surface area is 107 Å². The topological polar surface area (TPSA) is 135 Å². The van der Waals surface area contributed by atoms with Crippen molar-refractivity contribution in [1.82, 2.24) is 20.2 Å². The molecular weight excluding hydrogens is 272 g/mol. The average molecular weight is 282 g/mol. The summed E-state index contributed by atoms with van der Waals surface area (Å²) in [7, 11) is -3.75. The van der Waals surface area contributed by atoms with Gasteiger partial charge in [-0.05, 0) is 0 Å². The Morgan fingerprint density at radius 1 is 1.42 bits per heavy atom. The number of hydrogen-bond acceptors (Lipinski definition) is 6. The van der Waals surface area contributed by atoms with E-state index in [0.29, 0.717) is 16.9 Å². The highest BCUT2D eigenvalue weighted by molar-refractivity contribution is 7.89.